The summed E-state index contributed by atoms with van der Waals surface area (Å²) in [4.78, 5) is 12.8. The van der Waals surface area contributed by atoms with E-state index >= 15 is 0 Å². The Hall–Kier alpha value is -1.28. The number of benzene rings is 1. The first-order valence-corrected chi connectivity index (χ1v) is 15.9. The Kier molecular flexibility index (Phi) is 8.45. The highest BCUT2D eigenvalue weighted by Crippen LogP contribution is 2.66. The third-order valence-corrected chi connectivity index (χ3v) is 11.9. The molecule has 3 fully saturated rings. The molecule has 204 valence electrons. The van der Waals surface area contributed by atoms with Gasteiger partial charge in [-0.3, -0.25) is 0 Å². The van der Waals surface area contributed by atoms with Crippen LogP contribution in [-0.2, 0) is 4.74 Å². The maximum atomic E-state index is 12.8. The maximum Gasteiger partial charge on any atom is 0.339 e. The first-order chi connectivity index (χ1) is 17.9. The minimum atomic E-state index is -0.274. The Balaban J connectivity index is 1.21. The number of fused-ring (bicyclic) bond motifs is 5. The molecular formula is C34H49ClO2. The second-order valence-corrected chi connectivity index (χ2v) is 13.8. The fraction of sp³-hybridized carbons (Fsp3) is 0.735. The third-order valence-electron chi connectivity index (χ3n) is 11.5. The van der Waals surface area contributed by atoms with Gasteiger partial charge in [-0.15, -0.1) is 0 Å². The minimum absolute atomic E-state index is 0.0262. The summed E-state index contributed by atoms with van der Waals surface area (Å²) in [6.07, 6.45) is 22.5. The van der Waals surface area contributed by atoms with Gasteiger partial charge in [0.25, 0.3) is 0 Å². The van der Waals surface area contributed by atoms with Gasteiger partial charge in [-0.25, -0.2) is 4.79 Å². The number of carbonyl (C=O) groups excluding carboxylic acids is 1. The Labute approximate surface area is 231 Å². The molecule has 0 N–H and O–H groups in total. The van der Waals surface area contributed by atoms with Crippen molar-refractivity contribution in [1.29, 1.82) is 0 Å². The predicted octanol–water partition coefficient (Wildman–Crippen LogP) is 10.2. The van der Waals surface area contributed by atoms with Gasteiger partial charge in [0, 0.05) is 6.42 Å². The Morgan fingerprint density at radius 3 is 2.57 bits per heavy atom. The molecule has 5 rings (SSSR count). The van der Waals surface area contributed by atoms with Crippen LogP contribution < -0.4 is 0 Å². The van der Waals surface area contributed by atoms with Crippen LogP contribution in [0.3, 0.4) is 0 Å². The predicted molar refractivity (Wildman–Crippen MR) is 154 cm³/mol. The van der Waals surface area contributed by atoms with E-state index in [1.54, 1.807) is 17.7 Å². The van der Waals surface area contributed by atoms with Crippen LogP contribution >= 0.6 is 11.6 Å². The van der Waals surface area contributed by atoms with Crippen LogP contribution in [0.5, 0.6) is 0 Å². The summed E-state index contributed by atoms with van der Waals surface area (Å²) >= 11 is 6.25. The number of esters is 1. The van der Waals surface area contributed by atoms with E-state index in [0.29, 0.717) is 16.0 Å². The fourth-order valence-electron chi connectivity index (χ4n) is 9.32. The lowest BCUT2D eigenvalue weighted by Crippen LogP contribution is -2.50. The summed E-state index contributed by atoms with van der Waals surface area (Å²) < 4.78 is 5.99. The van der Waals surface area contributed by atoms with Gasteiger partial charge >= 0.3 is 5.97 Å². The van der Waals surface area contributed by atoms with Crippen molar-refractivity contribution in [1.82, 2.24) is 0 Å². The van der Waals surface area contributed by atoms with Crippen molar-refractivity contribution in [2.45, 2.75) is 123 Å². The summed E-state index contributed by atoms with van der Waals surface area (Å²) in [6.45, 7) is 7.53. The van der Waals surface area contributed by atoms with E-state index in [4.69, 9.17) is 16.3 Å². The van der Waals surface area contributed by atoms with Crippen molar-refractivity contribution in [2.75, 3.05) is 0 Å². The zero-order chi connectivity index (χ0) is 26.0. The van der Waals surface area contributed by atoms with Crippen molar-refractivity contribution in [3.8, 4) is 0 Å². The SMILES string of the molecule is CCCCCCCC[C@H]1CC[C@H]2[C@@H]3CC=C4C[C@@H](OC(=O)c5ccccc5Cl)CC[C@]4(C)[C@H]3CC[C@]12C. The van der Waals surface area contributed by atoms with E-state index in [9.17, 15) is 4.79 Å². The molecule has 0 unspecified atom stereocenters. The molecule has 4 aliphatic carbocycles. The van der Waals surface area contributed by atoms with E-state index in [0.717, 1.165) is 42.9 Å². The van der Waals surface area contributed by atoms with Crippen LogP contribution in [0.1, 0.15) is 127 Å². The molecule has 0 bridgehead atoms. The molecule has 3 saturated carbocycles. The van der Waals surface area contributed by atoms with Crippen LogP contribution in [0.15, 0.2) is 35.9 Å². The van der Waals surface area contributed by atoms with Crippen LogP contribution in [0.25, 0.3) is 0 Å². The number of rotatable bonds is 9. The summed E-state index contributed by atoms with van der Waals surface area (Å²) in [5.74, 6) is 3.23. The average Bonchev–Trinajstić information content (AvgIpc) is 3.22. The smallest absolute Gasteiger partial charge is 0.339 e. The van der Waals surface area contributed by atoms with Crippen LogP contribution in [0.2, 0.25) is 5.02 Å². The van der Waals surface area contributed by atoms with Crippen molar-refractivity contribution in [2.24, 2.45) is 34.5 Å². The Morgan fingerprint density at radius 2 is 1.76 bits per heavy atom. The molecule has 0 spiro atoms. The largest absolute Gasteiger partial charge is 0.458 e. The van der Waals surface area contributed by atoms with Gasteiger partial charge in [0.2, 0.25) is 0 Å². The van der Waals surface area contributed by atoms with Gasteiger partial charge in [-0.1, -0.05) is 94.7 Å². The molecule has 0 aliphatic heterocycles. The second-order valence-electron chi connectivity index (χ2n) is 13.4. The fourth-order valence-corrected chi connectivity index (χ4v) is 9.54. The quantitative estimate of drug-likeness (QED) is 0.182. The highest BCUT2D eigenvalue weighted by atomic mass is 35.5. The van der Waals surface area contributed by atoms with Crippen LogP contribution in [0, 0.1) is 34.5 Å². The maximum absolute atomic E-state index is 12.8. The molecule has 0 amide bonds. The first kappa shape index (κ1) is 27.3. The standard InChI is InChI=1S/C34H49ClO2/c1-4-5-6-7-8-9-12-24-16-18-29-27-17-15-25-23-26(37-32(36)28-13-10-11-14-31(28)35)19-21-34(25,3)30(27)20-22-33(24,29)2/h10-11,13-15,24,26-27,29-30H,4-9,12,16-23H2,1-3H3/t24-,26-,27-,29-,30-,33+,34-/m0/s1. The van der Waals surface area contributed by atoms with Crippen molar-refractivity contribution >= 4 is 17.6 Å². The number of halogens is 1. The number of hydrogen-bond donors (Lipinski definition) is 0. The van der Waals surface area contributed by atoms with E-state index in [2.05, 4.69) is 26.8 Å². The Morgan fingerprint density at radius 1 is 0.973 bits per heavy atom. The lowest BCUT2D eigenvalue weighted by atomic mass is 9.47. The van der Waals surface area contributed by atoms with Gasteiger partial charge in [0.1, 0.15) is 6.10 Å². The summed E-state index contributed by atoms with van der Waals surface area (Å²) in [7, 11) is 0. The lowest BCUT2D eigenvalue weighted by molar-refractivity contribution is -0.0536. The zero-order valence-electron chi connectivity index (χ0n) is 23.6. The normalized spacial score (nSPS) is 36.8. The van der Waals surface area contributed by atoms with Gasteiger partial charge in [0.15, 0.2) is 0 Å². The number of ether oxygens (including phenoxy) is 1. The van der Waals surface area contributed by atoms with E-state index < -0.39 is 0 Å². The van der Waals surface area contributed by atoms with Gasteiger partial charge in [0.05, 0.1) is 10.6 Å². The van der Waals surface area contributed by atoms with E-state index in [-0.39, 0.29) is 17.5 Å². The molecule has 4 aliphatic rings. The summed E-state index contributed by atoms with van der Waals surface area (Å²) in [5, 5.41) is 0.476. The number of allylic oxidation sites excluding steroid dienone is 1. The molecular weight excluding hydrogens is 476 g/mol. The molecule has 0 radical (unpaired) electrons. The molecule has 3 heteroatoms. The minimum Gasteiger partial charge on any atom is -0.458 e. The van der Waals surface area contributed by atoms with E-state index in [1.807, 2.05) is 12.1 Å². The highest BCUT2D eigenvalue weighted by Gasteiger charge is 2.58. The monoisotopic (exact) mass is 524 g/mol. The number of unbranched alkanes of at least 4 members (excludes halogenated alkanes) is 5. The molecule has 2 nitrogen and oxygen atoms in total. The summed E-state index contributed by atoms with van der Waals surface area (Å²) in [6, 6.07) is 7.23. The van der Waals surface area contributed by atoms with Crippen molar-refractivity contribution < 1.29 is 9.53 Å². The van der Waals surface area contributed by atoms with Crippen molar-refractivity contribution in [3.63, 3.8) is 0 Å². The van der Waals surface area contributed by atoms with E-state index in [1.165, 1.54) is 77.0 Å². The molecule has 37 heavy (non-hydrogen) atoms. The molecule has 0 aromatic heterocycles. The summed E-state index contributed by atoms with van der Waals surface area (Å²) in [5.41, 5.74) is 2.91. The van der Waals surface area contributed by atoms with Gasteiger partial charge in [-0.2, -0.15) is 0 Å². The van der Waals surface area contributed by atoms with Crippen LogP contribution in [-0.4, -0.2) is 12.1 Å². The Bertz CT molecular complexity index is 984. The van der Waals surface area contributed by atoms with Crippen molar-refractivity contribution in [3.05, 3.63) is 46.5 Å². The zero-order valence-corrected chi connectivity index (χ0v) is 24.3. The second kappa shape index (κ2) is 11.4. The lowest BCUT2D eigenvalue weighted by Gasteiger charge is -2.58. The first-order valence-electron chi connectivity index (χ1n) is 15.5. The third kappa shape index (κ3) is 5.30. The average molecular weight is 525 g/mol. The highest BCUT2D eigenvalue weighted by molar-refractivity contribution is 6.33. The molecule has 1 aromatic rings. The topological polar surface area (TPSA) is 26.3 Å². The van der Waals surface area contributed by atoms with Gasteiger partial charge < -0.3 is 4.74 Å². The van der Waals surface area contributed by atoms with Crippen LogP contribution in [0.4, 0.5) is 0 Å². The molecule has 7 atom stereocenters. The molecule has 0 saturated heterocycles. The number of hydrogen-bond acceptors (Lipinski definition) is 2. The van der Waals surface area contributed by atoms with Gasteiger partial charge in [-0.05, 0) is 98.0 Å². The molecule has 1 aromatic carbocycles. The molecule has 0 heterocycles. The number of carbonyl (C=O) groups is 1.